The molecule has 0 bridgehead atoms. The molecule has 0 unspecified atom stereocenters. The molecule has 128 valence electrons. The minimum atomic E-state index is -0.589. The van der Waals surface area contributed by atoms with E-state index in [1.807, 2.05) is 19.3 Å². The van der Waals surface area contributed by atoms with Crippen LogP contribution < -0.4 is 10.6 Å². The standard InChI is InChI=1S/C16H22N6O2/c1-10-4-6-22(14(24)7-13(17)23)8-12(10)21(2)16-11-3-5-18-15(11)19-9-20-16/h3,5,9-10,12H,4,6-8H2,1-2H3,(H2,17,23)(H,18,19,20)/t10-,12+/m1/s1. The number of carbonyl (C=O) groups is 2. The molecule has 3 heterocycles. The third-order valence-electron chi connectivity index (χ3n) is 4.76. The molecule has 3 N–H and O–H groups in total. The highest BCUT2D eigenvalue weighted by Gasteiger charge is 2.32. The molecule has 3 rings (SSSR count). The summed E-state index contributed by atoms with van der Waals surface area (Å²) in [5.74, 6) is 0.439. The number of aromatic amines is 1. The van der Waals surface area contributed by atoms with Crippen LogP contribution in [-0.2, 0) is 9.59 Å². The normalized spacial score (nSPS) is 21.0. The Morgan fingerprint density at radius 1 is 1.46 bits per heavy atom. The Bertz CT molecular complexity index is 758. The van der Waals surface area contributed by atoms with Crippen LogP contribution in [0.2, 0.25) is 0 Å². The fourth-order valence-electron chi connectivity index (χ4n) is 3.34. The van der Waals surface area contributed by atoms with Crippen molar-refractivity contribution in [3.8, 4) is 0 Å². The summed E-state index contributed by atoms with van der Waals surface area (Å²) in [7, 11) is 1.98. The van der Waals surface area contributed by atoms with E-state index in [0.29, 0.717) is 19.0 Å². The minimum absolute atomic E-state index is 0.114. The van der Waals surface area contributed by atoms with Crippen LogP contribution in [0.1, 0.15) is 19.8 Å². The van der Waals surface area contributed by atoms with Gasteiger partial charge < -0.3 is 20.5 Å². The van der Waals surface area contributed by atoms with E-state index in [-0.39, 0.29) is 18.4 Å². The number of nitrogens with zero attached hydrogens (tertiary/aromatic N) is 4. The molecule has 8 nitrogen and oxygen atoms in total. The Balaban J connectivity index is 1.82. The Kier molecular flexibility index (Phi) is 4.37. The molecule has 2 aromatic heterocycles. The van der Waals surface area contributed by atoms with Crippen molar-refractivity contribution >= 4 is 28.7 Å². The van der Waals surface area contributed by atoms with E-state index in [2.05, 4.69) is 26.8 Å². The van der Waals surface area contributed by atoms with Gasteiger partial charge in [0, 0.05) is 26.3 Å². The number of aromatic nitrogens is 3. The highest BCUT2D eigenvalue weighted by atomic mass is 16.2. The number of anilines is 1. The molecule has 0 radical (unpaired) electrons. The number of carbonyl (C=O) groups excluding carboxylic acids is 2. The second-order valence-corrected chi connectivity index (χ2v) is 6.36. The maximum absolute atomic E-state index is 12.2. The second-order valence-electron chi connectivity index (χ2n) is 6.36. The lowest BCUT2D eigenvalue weighted by molar-refractivity contribution is -0.136. The number of nitrogens with two attached hydrogens (primary N) is 1. The fraction of sp³-hybridized carbons (Fsp3) is 0.500. The second kappa shape index (κ2) is 6.46. The number of fused-ring (bicyclic) bond motifs is 1. The Morgan fingerprint density at radius 2 is 2.25 bits per heavy atom. The highest BCUT2D eigenvalue weighted by Crippen LogP contribution is 2.28. The van der Waals surface area contributed by atoms with E-state index in [4.69, 9.17) is 5.73 Å². The van der Waals surface area contributed by atoms with Crippen LogP contribution in [0.15, 0.2) is 18.6 Å². The van der Waals surface area contributed by atoms with Crippen molar-refractivity contribution in [2.45, 2.75) is 25.8 Å². The number of likely N-dealkylation sites (N-methyl/N-ethyl adjacent to an activating group) is 1. The number of primary amides is 1. The van der Waals surface area contributed by atoms with Crippen LogP contribution in [-0.4, -0.2) is 57.8 Å². The molecule has 2 aromatic rings. The van der Waals surface area contributed by atoms with Gasteiger partial charge in [0.2, 0.25) is 11.8 Å². The van der Waals surface area contributed by atoms with E-state index in [0.717, 1.165) is 23.3 Å². The zero-order valence-electron chi connectivity index (χ0n) is 13.9. The molecule has 0 saturated carbocycles. The summed E-state index contributed by atoms with van der Waals surface area (Å²) in [5, 5.41) is 0.952. The van der Waals surface area contributed by atoms with Gasteiger partial charge in [0.1, 0.15) is 24.2 Å². The molecule has 0 aromatic carbocycles. The number of likely N-dealkylation sites (tertiary alicyclic amines) is 1. The number of rotatable bonds is 4. The molecule has 1 aliphatic rings. The third-order valence-corrected chi connectivity index (χ3v) is 4.76. The molecule has 1 aliphatic heterocycles. The molecule has 1 fully saturated rings. The van der Waals surface area contributed by atoms with Crippen LogP contribution in [0.3, 0.4) is 0 Å². The largest absolute Gasteiger partial charge is 0.369 e. The fourth-order valence-corrected chi connectivity index (χ4v) is 3.34. The zero-order valence-corrected chi connectivity index (χ0v) is 13.9. The molecule has 0 aliphatic carbocycles. The van der Waals surface area contributed by atoms with E-state index in [1.165, 1.54) is 6.33 Å². The van der Waals surface area contributed by atoms with Crippen molar-refractivity contribution in [1.82, 2.24) is 19.9 Å². The lowest BCUT2D eigenvalue weighted by atomic mass is 9.92. The number of hydrogen-bond donors (Lipinski definition) is 2. The van der Waals surface area contributed by atoms with Crippen molar-refractivity contribution in [3.63, 3.8) is 0 Å². The van der Waals surface area contributed by atoms with Gasteiger partial charge in [-0.05, 0) is 18.4 Å². The van der Waals surface area contributed by atoms with Gasteiger partial charge in [0.25, 0.3) is 0 Å². The van der Waals surface area contributed by atoms with Crippen LogP contribution in [0.25, 0.3) is 11.0 Å². The summed E-state index contributed by atoms with van der Waals surface area (Å²) in [6.07, 6.45) is 4.01. The number of hydrogen-bond acceptors (Lipinski definition) is 5. The van der Waals surface area contributed by atoms with Gasteiger partial charge in [-0.15, -0.1) is 0 Å². The molecule has 2 amide bonds. The van der Waals surface area contributed by atoms with Crippen LogP contribution in [0.4, 0.5) is 5.82 Å². The van der Waals surface area contributed by atoms with Gasteiger partial charge in [0.15, 0.2) is 0 Å². The monoisotopic (exact) mass is 330 g/mol. The van der Waals surface area contributed by atoms with Crippen LogP contribution in [0.5, 0.6) is 0 Å². The lowest BCUT2D eigenvalue weighted by Gasteiger charge is -2.42. The van der Waals surface area contributed by atoms with Gasteiger partial charge in [-0.1, -0.05) is 6.92 Å². The topological polar surface area (TPSA) is 108 Å². The predicted octanol–water partition coefficient (Wildman–Crippen LogP) is 0.507. The van der Waals surface area contributed by atoms with E-state index in [9.17, 15) is 9.59 Å². The molecule has 1 saturated heterocycles. The first-order valence-electron chi connectivity index (χ1n) is 8.04. The first kappa shape index (κ1) is 16.2. The van der Waals surface area contributed by atoms with Crippen LogP contribution in [0, 0.1) is 5.92 Å². The first-order valence-corrected chi connectivity index (χ1v) is 8.04. The summed E-state index contributed by atoms with van der Waals surface area (Å²) in [6, 6.07) is 2.06. The Morgan fingerprint density at radius 3 is 3.00 bits per heavy atom. The van der Waals surface area contributed by atoms with E-state index in [1.54, 1.807) is 4.90 Å². The summed E-state index contributed by atoms with van der Waals surface area (Å²) < 4.78 is 0. The maximum atomic E-state index is 12.2. The number of H-pyrrole nitrogens is 1. The summed E-state index contributed by atoms with van der Waals surface area (Å²) in [5.41, 5.74) is 5.93. The van der Waals surface area contributed by atoms with Crippen molar-refractivity contribution < 1.29 is 9.59 Å². The van der Waals surface area contributed by atoms with Gasteiger partial charge in [0.05, 0.1) is 11.4 Å². The number of amides is 2. The molecular formula is C16H22N6O2. The van der Waals surface area contributed by atoms with E-state index < -0.39 is 5.91 Å². The summed E-state index contributed by atoms with van der Waals surface area (Å²) in [4.78, 5) is 38.7. The van der Waals surface area contributed by atoms with Crippen molar-refractivity contribution in [1.29, 1.82) is 0 Å². The third kappa shape index (κ3) is 3.04. The predicted molar refractivity (Wildman–Crippen MR) is 90.3 cm³/mol. The molecule has 0 spiro atoms. The summed E-state index contributed by atoms with van der Waals surface area (Å²) in [6.45, 7) is 3.38. The Hall–Kier alpha value is -2.64. The van der Waals surface area contributed by atoms with Crippen molar-refractivity contribution in [2.75, 3.05) is 25.0 Å². The zero-order chi connectivity index (χ0) is 17.3. The van der Waals surface area contributed by atoms with Gasteiger partial charge >= 0.3 is 0 Å². The van der Waals surface area contributed by atoms with Gasteiger partial charge in [-0.25, -0.2) is 9.97 Å². The molecule has 2 atom stereocenters. The SMILES string of the molecule is C[C@@H]1CCN(C(=O)CC(N)=O)C[C@@H]1N(C)c1ncnc2[nH]ccc12. The van der Waals surface area contributed by atoms with Crippen molar-refractivity contribution in [3.05, 3.63) is 18.6 Å². The van der Waals surface area contributed by atoms with E-state index >= 15 is 0 Å². The summed E-state index contributed by atoms with van der Waals surface area (Å²) >= 11 is 0. The van der Waals surface area contributed by atoms with Gasteiger partial charge in [-0.2, -0.15) is 0 Å². The number of nitrogens with one attached hydrogen (secondary N) is 1. The van der Waals surface area contributed by atoms with Gasteiger partial charge in [-0.3, -0.25) is 9.59 Å². The smallest absolute Gasteiger partial charge is 0.232 e. The molecule has 24 heavy (non-hydrogen) atoms. The average molecular weight is 330 g/mol. The number of piperidine rings is 1. The quantitative estimate of drug-likeness (QED) is 0.794. The average Bonchev–Trinajstić information content (AvgIpc) is 3.02. The maximum Gasteiger partial charge on any atom is 0.232 e. The minimum Gasteiger partial charge on any atom is -0.369 e. The van der Waals surface area contributed by atoms with Crippen molar-refractivity contribution in [2.24, 2.45) is 11.7 Å². The lowest BCUT2D eigenvalue weighted by Crippen LogP contribution is -2.53. The first-order chi connectivity index (χ1) is 11.5. The highest BCUT2D eigenvalue weighted by molar-refractivity contribution is 5.96. The Labute approximate surface area is 140 Å². The molecule has 8 heteroatoms. The van der Waals surface area contributed by atoms with Crippen LogP contribution >= 0.6 is 0 Å². The molecular weight excluding hydrogens is 308 g/mol.